The molecule has 15 heavy (non-hydrogen) atoms. The van der Waals surface area contributed by atoms with Gasteiger partial charge in [0.1, 0.15) is 15.6 Å². The summed E-state index contributed by atoms with van der Waals surface area (Å²) in [5.74, 6) is 0.125. The van der Waals surface area contributed by atoms with Gasteiger partial charge in [-0.1, -0.05) is 0 Å². The highest BCUT2D eigenvalue weighted by atomic mass is 32.2. The molecule has 1 aromatic heterocycles. The lowest BCUT2D eigenvalue weighted by Gasteiger charge is -2.26. The number of hydrogen-bond donors (Lipinski definition) is 4. The molecule has 0 unspecified atom stereocenters. The molecule has 0 aromatic carbocycles. The van der Waals surface area contributed by atoms with Crippen LogP contribution in [-0.2, 0) is 0 Å². The van der Waals surface area contributed by atoms with Gasteiger partial charge in [-0.15, -0.1) is 54.9 Å². The maximum atomic E-state index is 11.5. The van der Waals surface area contributed by atoms with Gasteiger partial charge in [-0.2, -0.15) is 4.37 Å². The molecule has 0 aliphatic heterocycles. The zero-order valence-corrected chi connectivity index (χ0v) is 11.5. The summed E-state index contributed by atoms with van der Waals surface area (Å²) < 4.78 is 10.9. The van der Waals surface area contributed by atoms with E-state index in [1.165, 1.54) is 6.20 Å². The van der Waals surface area contributed by atoms with E-state index in [4.69, 9.17) is 4.74 Å². The molecule has 0 N–H and O–H groups in total. The van der Waals surface area contributed by atoms with Crippen LogP contribution in [0.4, 0.5) is 4.79 Å². The van der Waals surface area contributed by atoms with Gasteiger partial charge in [0.15, 0.2) is 0 Å². The second kappa shape index (κ2) is 6.09. The molecule has 0 atom stereocenters. The van der Waals surface area contributed by atoms with Gasteiger partial charge in [0.2, 0.25) is 0 Å². The van der Waals surface area contributed by atoms with E-state index in [1.807, 2.05) is 0 Å². The fraction of sp³-hybridized carbons (Fsp3) is 0.400. The van der Waals surface area contributed by atoms with E-state index in [2.05, 4.69) is 59.3 Å². The molecule has 0 radical (unpaired) electrons. The predicted octanol–water partition coefficient (Wildman–Crippen LogP) is 1.63. The fourth-order valence-corrected chi connectivity index (χ4v) is 2.33. The minimum absolute atomic E-state index is 0.125. The summed E-state index contributed by atoms with van der Waals surface area (Å²) in [6.45, 7) is 0. The first-order valence-electron chi connectivity index (χ1n) is 3.52. The van der Waals surface area contributed by atoms with Crippen molar-refractivity contribution >= 4 is 68.3 Å². The normalized spacial score (nSPS) is 10.8. The third-order valence-corrected chi connectivity index (χ3v) is 2.70. The highest BCUT2D eigenvalue weighted by Crippen LogP contribution is 2.20. The van der Waals surface area contributed by atoms with Gasteiger partial charge in [-0.25, -0.2) is 4.79 Å². The van der Waals surface area contributed by atoms with E-state index >= 15 is 0 Å². The molecule has 0 bridgehead atoms. The van der Waals surface area contributed by atoms with Gasteiger partial charge in [-0.3, -0.25) is 4.90 Å². The number of rotatable bonds is 3. The van der Waals surface area contributed by atoms with Crippen molar-refractivity contribution in [2.75, 3.05) is 0 Å². The Morgan fingerprint density at radius 1 is 1.40 bits per heavy atom. The van der Waals surface area contributed by atoms with E-state index in [1.54, 1.807) is 0 Å². The van der Waals surface area contributed by atoms with Gasteiger partial charge in [0.05, 0.1) is 11.7 Å². The lowest BCUT2D eigenvalue weighted by molar-refractivity contribution is 0.161. The molecule has 1 rings (SSSR count). The maximum absolute atomic E-state index is 11.5. The first-order chi connectivity index (χ1) is 7.02. The molecule has 1 amide bonds. The van der Waals surface area contributed by atoms with Gasteiger partial charge < -0.3 is 4.74 Å². The minimum Gasteiger partial charge on any atom is -0.388 e. The van der Waals surface area contributed by atoms with Crippen molar-refractivity contribution in [1.82, 2.24) is 13.6 Å². The molecular weight excluding hydrogens is 294 g/mol. The Balaban J connectivity index is 2.65. The second-order valence-corrected chi connectivity index (χ2v) is 5.54. The molecular formula is C5H7N3O2S5. The van der Waals surface area contributed by atoms with E-state index in [-0.39, 0.29) is 5.88 Å². The minimum atomic E-state index is -0.687. The summed E-state index contributed by atoms with van der Waals surface area (Å²) in [6.07, 6.45) is 0.645. The van der Waals surface area contributed by atoms with E-state index in [0.717, 1.165) is 16.6 Å². The Kier molecular flexibility index (Phi) is 5.39. The average molecular weight is 301 g/mol. The van der Waals surface area contributed by atoms with Crippen LogP contribution >= 0.6 is 62.2 Å². The molecule has 84 valence electrons. The zero-order chi connectivity index (χ0) is 11.4. The molecule has 0 fully saturated rings. The number of ether oxygens (including phenoxy) is 1. The number of amides is 1. The summed E-state index contributed by atoms with van der Waals surface area (Å²) >= 11 is 16.9. The standard InChI is InChI=1S/C5H7N3O2S5/c9-3(8(4(11)12)5(13)14)10-2-1-6-15-7-2/h1,4-5,11-14H. The lowest BCUT2D eigenvalue weighted by Crippen LogP contribution is -2.39. The number of aromatic nitrogens is 2. The van der Waals surface area contributed by atoms with Crippen LogP contribution in [0.1, 0.15) is 0 Å². The second-order valence-electron chi connectivity index (χ2n) is 2.21. The Morgan fingerprint density at radius 2 is 2.00 bits per heavy atom. The van der Waals surface area contributed by atoms with Gasteiger partial charge in [0.25, 0.3) is 5.88 Å². The van der Waals surface area contributed by atoms with E-state index in [0.29, 0.717) is 0 Å². The first-order valence-corrected chi connectivity index (χ1v) is 6.32. The lowest BCUT2D eigenvalue weighted by atomic mass is 10.8. The Morgan fingerprint density at radius 3 is 2.40 bits per heavy atom. The van der Waals surface area contributed by atoms with Crippen LogP contribution in [0.5, 0.6) is 5.88 Å². The molecule has 10 heteroatoms. The average Bonchev–Trinajstić information content (AvgIpc) is 2.54. The summed E-state index contributed by atoms with van der Waals surface area (Å²) in [7, 11) is 0. The Bertz CT molecular complexity index is 308. The highest BCUT2D eigenvalue weighted by molar-refractivity contribution is 8.00. The summed E-state index contributed by atoms with van der Waals surface area (Å²) in [5, 5.41) is 0. The van der Waals surface area contributed by atoms with Crippen LogP contribution in [0.25, 0.3) is 0 Å². The third kappa shape index (κ3) is 3.94. The Hall–Kier alpha value is 0.230. The number of carbonyl (C=O) groups is 1. The van der Waals surface area contributed by atoms with Crippen molar-refractivity contribution in [2.24, 2.45) is 0 Å². The zero-order valence-electron chi connectivity index (χ0n) is 7.09. The van der Waals surface area contributed by atoms with E-state index in [9.17, 15) is 4.79 Å². The predicted molar refractivity (Wildman–Crippen MR) is 71.3 cm³/mol. The largest absolute Gasteiger partial charge is 0.419 e. The molecule has 0 saturated carbocycles. The number of nitrogens with zero attached hydrogens (tertiary/aromatic N) is 3. The maximum Gasteiger partial charge on any atom is 0.419 e. The Labute approximate surface area is 113 Å². The smallest absolute Gasteiger partial charge is 0.388 e. The van der Waals surface area contributed by atoms with Crippen molar-refractivity contribution in [3.63, 3.8) is 0 Å². The van der Waals surface area contributed by atoms with E-state index < -0.39 is 15.5 Å². The van der Waals surface area contributed by atoms with Crippen molar-refractivity contribution < 1.29 is 9.53 Å². The van der Waals surface area contributed by atoms with Crippen molar-refractivity contribution in [3.05, 3.63) is 6.20 Å². The van der Waals surface area contributed by atoms with Gasteiger partial charge >= 0.3 is 6.09 Å². The fourth-order valence-electron chi connectivity index (χ4n) is 0.651. The third-order valence-electron chi connectivity index (χ3n) is 1.24. The number of carbonyl (C=O) groups excluding carboxylic acids is 1. The van der Waals surface area contributed by atoms with Crippen LogP contribution in [0.15, 0.2) is 6.20 Å². The van der Waals surface area contributed by atoms with Crippen molar-refractivity contribution in [1.29, 1.82) is 0 Å². The molecule has 0 saturated heterocycles. The topological polar surface area (TPSA) is 55.3 Å². The van der Waals surface area contributed by atoms with Gasteiger partial charge in [-0.05, 0) is 0 Å². The molecule has 0 aliphatic carbocycles. The summed E-state index contributed by atoms with van der Waals surface area (Å²) in [5.41, 5.74) is 0. The molecule has 1 aromatic rings. The molecule has 0 aliphatic rings. The molecule has 1 heterocycles. The van der Waals surface area contributed by atoms with Gasteiger partial charge in [0, 0.05) is 0 Å². The van der Waals surface area contributed by atoms with Crippen LogP contribution in [0, 0.1) is 0 Å². The summed E-state index contributed by atoms with van der Waals surface area (Å²) in [4.78, 5) is 12.6. The van der Waals surface area contributed by atoms with Crippen molar-refractivity contribution in [2.45, 2.75) is 9.41 Å². The van der Waals surface area contributed by atoms with Crippen molar-refractivity contribution in [3.8, 4) is 5.88 Å². The van der Waals surface area contributed by atoms with Crippen LogP contribution in [-0.4, -0.2) is 29.2 Å². The summed E-state index contributed by atoms with van der Waals surface area (Å²) in [6, 6.07) is 0. The first kappa shape index (κ1) is 13.3. The highest BCUT2D eigenvalue weighted by Gasteiger charge is 2.25. The number of thiol groups is 4. The quantitative estimate of drug-likeness (QED) is 0.506. The molecule has 0 spiro atoms. The van der Waals surface area contributed by atoms with Crippen LogP contribution in [0.3, 0.4) is 0 Å². The monoisotopic (exact) mass is 301 g/mol. The van der Waals surface area contributed by atoms with Crippen LogP contribution in [0.2, 0.25) is 0 Å². The SMILES string of the molecule is O=C(Oc1cnsn1)N(C(S)S)C(S)S. The molecule has 5 nitrogen and oxygen atoms in total. The number of hydrogen-bond acceptors (Lipinski definition) is 9. The van der Waals surface area contributed by atoms with Crippen LogP contribution < -0.4 is 4.74 Å².